The van der Waals surface area contributed by atoms with E-state index in [0.29, 0.717) is 44.6 Å². The second kappa shape index (κ2) is 9.39. The number of fused-ring (bicyclic) bond motifs is 3. The zero-order valence-electron chi connectivity index (χ0n) is 23.0. The van der Waals surface area contributed by atoms with E-state index < -0.39 is 27.7 Å². The van der Waals surface area contributed by atoms with E-state index in [0.717, 1.165) is 17.4 Å². The molecule has 1 aliphatic rings. The number of hydrogen-bond acceptors (Lipinski definition) is 5. The van der Waals surface area contributed by atoms with Gasteiger partial charge in [0.15, 0.2) is 6.10 Å². The number of rotatable bonds is 5. The second-order valence-corrected chi connectivity index (χ2v) is 12.9. The third-order valence-corrected chi connectivity index (χ3v) is 8.02. The Bertz CT molecular complexity index is 1610. The van der Waals surface area contributed by atoms with Crippen LogP contribution >= 0.6 is 0 Å². The maximum Gasteiger partial charge on any atom is 0.337 e. The van der Waals surface area contributed by atoms with E-state index in [1.807, 2.05) is 44.2 Å². The molecule has 1 aromatic heterocycles. The Morgan fingerprint density at radius 1 is 1.03 bits per heavy atom. The van der Waals surface area contributed by atoms with Crippen molar-refractivity contribution in [3.8, 4) is 22.3 Å². The lowest BCUT2D eigenvalue weighted by atomic mass is 9.80. The first kappa shape index (κ1) is 27.6. The summed E-state index contributed by atoms with van der Waals surface area (Å²) in [6.45, 7) is 10.7. The first-order chi connectivity index (χ1) is 17.5. The molecular formula is C29H34N2O6S. The van der Waals surface area contributed by atoms with Crippen molar-refractivity contribution >= 4 is 21.7 Å². The molecule has 0 saturated carbocycles. The van der Waals surface area contributed by atoms with Crippen LogP contribution in [0.1, 0.15) is 54.7 Å². The topological polar surface area (TPSA) is 106 Å². The minimum Gasteiger partial charge on any atom is -0.479 e. The summed E-state index contributed by atoms with van der Waals surface area (Å²) in [5, 5.41) is 10.4. The molecule has 38 heavy (non-hydrogen) atoms. The van der Waals surface area contributed by atoms with Crippen molar-refractivity contribution < 1.29 is 23.1 Å². The van der Waals surface area contributed by atoms with Crippen LogP contribution in [-0.4, -0.2) is 35.9 Å². The van der Waals surface area contributed by atoms with Gasteiger partial charge in [-0.05, 0) is 75.4 Å². The number of nitrogens with zero attached hydrogens (tertiary/aromatic N) is 2. The Labute approximate surface area is 223 Å². The molecule has 4 rings (SSSR count). The molecule has 0 radical (unpaired) electrons. The Balaban J connectivity index is 2.24. The van der Waals surface area contributed by atoms with Crippen molar-refractivity contribution in [2.24, 2.45) is 7.05 Å². The summed E-state index contributed by atoms with van der Waals surface area (Å²) in [5.41, 5.74) is 4.95. The third kappa shape index (κ3) is 4.76. The van der Waals surface area contributed by atoms with Crippen LogP contribution in [-0.2, 0) is 33.1 Å². The first-order valence-electron chi connectivity index (χ1n) is 12.3. The molecule has 1 N–H and O–H groups in total. The molecular weight excluding hydrogens is 504 g/mol. The summed E-state index contributed by atoms with van der Waals surface area (Å²) in [6, 6.07) is 9.55. The molecule has 9 heteroatoms. The van der Waals surface area contributed by atoms with Gasteiger partial charge in [-0.1, -0.05) is 29.8 Å². The van der Waals surface area contributed by atoms with Crippen molar-refractivity contribution in [3.05, 3.63) is 74.7 Å². The van der Waals surface area contributed by atoms with Crippen molar-refractivity contribution in [1.82, 2.24) is 4.57 Å². The summed E-state index contributed by atoms with van der Waals surface area (Å²) in [5.74, 6) is -1.17. The highest BCUT2D eigenvalue weighted by molar-refractivity contribution is 7.92. The van der Waals surface area contributed by atoms with E-state index in [9.17, 15) is 23.1 Å². The van der Waals surface area contributed by atoms with E-state index in [4.69, 9.17) is 4.74 Å². The van der Waals surface area contributed by atoms with Gasteiger partial charge in [0.25, 0.3) is 5.56 Å². The van der Waals surface area contributed by atoms with E-state index in [-0.39, 0.29) is 12.1 Å². The monoisotopic (exact) mass is 538 g/mol. The normalized spacial score (nSPS) is 14.2. The molecule has 0 aliphatic carbocycles. The molecule has 202 valence electrons. The quantitative estimate of drug-likeness (QED) is 0.497. The number of benzene rings is 2. The number of ether oxygens (including phenoxy) is 1. The van der Waals surface area contributed by atoms with Crippen LogP contribution < -0.4 is 9.86 Å². The van der Waals surface area contributed by atoms with Crippen LogP contribution in [0.25, 0.3) is 22.3 Å². The Morgan fingerprint density at radius 2 is 1.63 bits per heavy atom. The molecule has 1 aliphatic heterocycles. The van der Waals surface area contributed by atoms with Gasteiger partial charge in [0.05, 0.1) is 24.1 Å². The lowest BCUT2D eigenvalue weighted by molar-refractivity contribution is -0.160. The minimum atomic E-state index is -3.83. The van der Waals surface area contributed by atoms with E-state index in [1.54, 1.807) is 40.9 Å². The average Bonchev–Trinajstić information content (AvgIpc) is 2.80. The molecule has 0 bridgehead atoms. The number of carbonyl (C=O) groups is 1. The average molecular weight is 539 g/mol. The standard InChI is InChI=1S/C29H34N2O6S/c1-16-9-11-19(12-10-16)22-17(2)23-20-13-14-30(7)27(32)21(20)15-31(38(8,35)36)25(23)18(3)24(22)26(28(33)34)37-29(4,5)6/h9-14,26H,15H2,1-8H3,(H,33,34)/t26-/m0/s1. The van der Waals surface area contributed by atoms with Gasteiger partial charge in [-0.25, -0.2) is 13.2 Å². The summed E-state index contributed by atoms with van der Waals surface area (Å²) in [7, 11) is -2.21. The number of aliphatic carboxylic acids is 1. The highest BCUT2D eigenvalue weighted by atomic mass is 32.2. The smallest absolute Gasteiger partial charge is 0.337 e. The zero-order valence-corrected chi connectivity index (χ0v) is 23.9. The van der Waals surface area contributed by atoms with Gasteiger partial charge in [-0.2, -0.15) is 0 Å². The van der Waals surface area contributed by atoms with Crippen molar-refractivity contribution in [2.45, 2.75) is 59.8 Å². The summed E-state index contributed by atoms with van der Waals surface area (Å²) in [4.78, 5) is 25.9. The fraction of sp³-hybridized carbons (Fsp3) is 0.379. The number of carboxylic acids is 1. The lowest BCUT2D eigenvalue weighted by Crippen LogP contribution is -2.38. The van der Waals surface area contributed by atoms with Crippen LogP contribution in [0.15, 0.2) is 41.3 Å². The van der Waals surface area contributed by atoms with Gasteiger partial charge >= 0.3 is 5.97 Å². The molecule has 2 aromatic carbocycles. The first-order valence-corrected chi connectivity index (χ1v) is 14.2. The SMILES string of the molecule is Cc1ccc(-c2c(C)c3c(c(C)c2[C@H](OC(C)(C)C)C(=O)O)N(S(C)(=O)=O)Cc2c-3ccn(C)c2=O)cc1. The molecule has 0 fully saturated rings. The zero-order chi connectivity index (χ0) is 28.3. The third-order valence-electron chi connectivity index (χ3n) is 6.90. The Kier molecular flexibility index (Phi) is 6.82. The van der Waals surface area contributed by atoms with E-state index in [2.05, 4.69) is 0 Å². The van der Waals surface area contributed by atoms with Crippen LogP contribution in [0.4, 0.5) is 5.69 Å². The maximum absolute atomic E-state index is 13.1. The van der Waals surface area contributed by atoms with Gasteiger partial charge in [0.1, 0.15) is 0 Å². The lowest BCUT2D eigenvalue weighted by Gasteiger charge is -2.37. The van der Waals surface area contributed by atoms with Crippen LogP contribution in [0.3, 0.4) is 0 Å². The van der Waals surface area contributed by atoms with Crippen molar-refractivity contribution in [2.75, 3.05) is 10.6 Å². The van der Waals surface area contributed by atoms with E-state index in [1.165, 1.54) is 8.87 Å². The number of hydrogen-bond donors (Lipinski definition) is 1. The summed E-state index contributed by atoms with van der Waals surface area (Å²) >= 11 is 0. The highest BCUT2D eigenvalue weighted by Crippen LogP contribution is 2.51. The fourth-order valence-corrected chi connectivity index (χ4v) is 6.15. The molecule has 0 saturated heterocycles. The fourth-order valence-electron chi connectivity index (χ4n) is 5.23. The molecule has 8 nitrogen and oxygen atoms in total. The summed E-state index contributed by atoms with van der Waals surface area (Å²) in [6.07, 6.45) is 1.40. The number of aryl methyl sites for hydroxylation is 2. The van der Waals surface area contributed by atoms with E-state index >= 15 is 0 Å². The number of anilines is 1. The van der Waals surface area contributed by atoms with Gasteiger partial charge in [0, 0.05) is 29.9 Å². The Hall–Kier alpha value is -3.43. The van der Waals surface area contributed by atoms with Crippen LogP contribution in [0, 0.1) is 20.8 Å². The summed E-state index contributed by atoms with van der Waals surface area (Å²) < 4.78 is 35.0. The van der Waals surface area contributed by atoms with Gasteiger partial charge in [-0.15, -0.1) is 0 Å². The maximum atomic E-state index is 13.1. The molecule has 0 spiro atoms. The van der Waals surface area contributed by atoms with Crippen LogP contribution in [0.5, 0.6) is 0 Å². The largest absolute Gasteiger partial charge is 0.479 e. The van der Waals surface area contributed by atoms with Crippen molar-refractivity contribution in [3.63, 3.8) is 0 Å². The predicted molar refractivity (Wildman–Crippen MR) is 149 cm³/mol. The molecule has 0 amide bonds. The minimum absolute atomic E-state index is 0.143. The number of sulfonamides is 1. The number of pyridine rings is 1. The van der Waals surface area contributed by atoms with Crippen molar-refractivity contribution in [1.29, 1.82) is 0 Å². The van der Waals surface area contributed by atoms with Crippen LogP contribution in [0.2, 0.25) is 0 Å². The number of aromatic nitrogens is 1. The van der Waals surface area contributed by atoms with Gasteiger partial charge in [0.2, 0.25) is 10.0 Å². The Morgan fingerprint density at radius 3 is 2.16 bits per heavy atom. The molecule has 1 atom stereocenters. The predicted octanol–water partition coefficient (Wildman–Crippen LogP) is 4.86. The number of carboxylic acid groups (broad SMARTS) is 1. The molecule has 0 unspecified atom stereocenters. The van der Waals surface area contributed by atoms with Gasteiger partial charge in [-0.3, -0.25) is 9.10 Å². The second-order valence-electron chi connectivity index (χ2n) is 11.0. The highest BCUT2D eigenvalue weighted by Gasteiger charge is 2.39. The molecule has 3 aromatic rings. The van der Waals surface area contributed by atoms with Gasteiger partial charge < -0.3 is 14.4 Å². The molecule has 2 heterocycles.